The standard InChI is InChI=1S/C14H17FN2S2/c1-2-16-12(9-14-17-6-7-18-14)10-19-13-5-3-4-11(15)8-13/h3-8,12,16H,2,9-10H2,1H3. The number of aromatic nitrogens is 1. The molecule has 1 unspecified atom stereocenters. The molecule has 2 nitrogen and oxygen atoms in total. The summed E-state index contributed by atoms with van der Waals surface area (Å²) in [7, 11) is 0. The summed E-state index contributed by atoms with van der Waals surface area (Å²) in [6, 6.07) is 7.11. The number of thioether (sulfide) groups is 1. The lowest BCUT2D eigenvalue weighted by Crippen LogP contribution is -2.33. The zero-order valence-corrected chi connectivity index (χ0v) is 12.4. The molecule has 1 atom stereocenters. The van der Waals surface area contributed by atoms with Crippen LogP contribution in [0.2, 0.25) is 0 Å². The minimum Gasteiger partial charge on any atom is -0.313 e. The summed E-state index contributed by atoms with van der Waals surface area (Å²) in [6.45, 7) is 3.03. The van der Waals surface area contributed by atoms with Gasteiger partial charge in [0.25, 0.3) is 0 Å². The molecular formula is C14H17FN2S2. The SMILES string of the molecule is CCNC(CSc1cccc(F)c1)Cc1nccs1. The van der Waals surface area contributed by atoms with Gasteiger partial charge in [-0.05, 0) is 24.7 Å². The van der Waals surface area contributed by atoms with Gasteiger partial charge in [-0.25, -0.2) is 9.37 Å². The number of thiazole rings is 1. The van der Waals surface area contributed by atoms with E-state index in [0.29, 0.717) is 6.04 Å². The fraction of sp³-hybridized carbons (Fsp3) is 0.357. The van der Waals surface area contributed by atoms with Gasteiger partial charge in [0, 0.05) is 34.7 Å². The predicted octanol–water partition coefficient (Wildman–Crippen LogP) is 3.60. The number of nitrogens with zero attached hydrogens (tertiary/aromatic N) is 1. The smallest absolute Gasteiger partial charge is 0.124 e. The molecule has 2 aromatic rings. The first kappa shape index (κ1) is 14.5. The van der Waals surface area contributed by atoms with Crippen LogP contribution in [0, 0.1) is 5.82 Å². The van der Waals surface area contributed by atoms with Crippen molar-refractivity contribution in [2.24, 2.45) is 0 Å². The van der Waals surface area contributed by atoms with Gasteiger partial charge in [0.1, 0.15) is 5.82 Å². The molecular weight excluding hydrogens is 279 g/mol. The van der Waals surface area contributed by atoms with Gasteiger partial charge in [-0.1, -0.05) is 13.0 Å². The predicted molar refractivity (Wildman–Crippen MR) is 80.4 cm³/mol. The molecule has 1 aromatic carbocycles. The number of halogens is 1. The van der Waals surface area contributed by atoms with Crippen LogP contribution < -0.4 is 5.32 Å². The van der Waals surface area contributed by atoms with E-state index in [2.05, 4.69) is 17.2 Å². The summed E-state index contributed by atoms with van der Waals surface area (Å²) in [6.07, 6.45) is 2.76. The fourth-order valence-electron chi connectivity index (χ4n) is 1.80. The largest absolute Gasteiger partial charge is 0.313 e. The van der Waals surface area contributed by atoms with E-state index in [1.54, 1.807) is 35.2 Å². The molecule has 0 radical (unpaired) electrons. The van der Waals surface area contributed by atoms with Crippen LogP contribution in [0.15, 0.2) is 40.7 Å². The van der Waals surface area contributed by atoms with Crippen LogP contribution in [0.5, 0.6) is 0 Å². The second-order valence-corrected chi connectivity index (χ2v) is 6.23. The molecule has 1 aromatic heterocycles. The van der Waals surface area contributed by atoms with Crippen LogP contribution in [0.25, 0.3) is 0 Å². The highest BCUT2D eigenvalue weighted by Gasteiger charge is 2.11. The molecule has 2 rings (SSSR count). The third-order valence-corrected chi connectivity index (χ3v) is 4.60. The van der Waals surface area contributed by atoms with E-state index >= 15 is 0 Å². The fourth-order valence-corrected chi connectivity index (χ4v) is 3.49. The highest BCUT2D eigenvalue weighted by atomic mass is 32.2. The van der Waals surface area contributed by atoms with Gasteiger partial charge in [0.2, 0.25) is 0 Å². The summed E-state index contributed by atoms with van der Waals surface area (Å²) in [5.41, 5.74) is 0. The van der Waals surface area contributed by atoms with Gasteiger partial charge in [-0.3, -0.25) is 0 Å². The second kappa shape index (κ2) is 7.62. The quantitative estimate of drug-likeness (QED) is 0.790. The Balaban J connectivity index is 1.89. The van der Waals surface area contributed by atoms with Gasteiger partial charge in [0.05, 0.1) is 5.01 Å². The molecule has 0 spiro atoms. The van der Waals surface area contributed by atoms with Gasteiger partial charge >= 0.3 is 0 Å². The van der Waals surface area contributed by atoms with Gasteiger partial charge in [0.15, 0.2) is 0 Å². The van der Waals surface area contributed by atoms with Crippen molar-refractivity contribution >= 4 is 23.1 Å². The third kappa shape index (κ3) is 4.93. The number of hydrogen-bond acceptors (Lipinski definition) is 4. The molecule has 19 heavy (non-hydrogen) atoms. The minimum absolute atomic E-state index is 0.176. The molecule has 0 aliphatic rings. The van der Waals surface area contributed by atoms with Crippen molar-refractivity contribution in [3.8, 4) is 0 Å². The number of benzene rings is 1. The van der Waals surface area contributed by atoms with E-state index in [0.717, 1.165) is 28.6 Å². The normalized spacial score (nSPS) is 12.5. The van der Waals surface area contributed by atoms with Crippen LogP contribution >= 0.6 is 23.1 Å². The Morgan fingerprint density at radius 1 is 1.47 bits per heavy atom. The average Bonchev–Trinajstić information content (AvgIpc) is 2.89. The van der Waals surface area contributed by atoms with E-state index in [-0.39, 0.29) is 5.82 Å². The molecule has 0 saturated carbocycles. The maximum absolute atomic E-state index is 13.1. The van der Waals surface area contributed by atoms with Gasteiger partial charge in [-0.15, -0.1) is 23.1 Å². The third-order valence-electron chi connectivity index (χ3n) is 2.64. The monoisotopic (exact) mass is 296 g/mol. The van der Waals surface area contributed by atoms with Crippen LogP contribution in [-0.2, 0) is 6.42 Å². The Bertz CT molecular complexity index is 488. The summed E-state index contributed by atoms with van der Waals surface area (Å²) in [4.78, 5) is 5.29. The Morgan fingerprint density at radius 2 is 2.37 bits per heavy atom. The van der Waals surface area contributed by atoms with E-state index in [9.17, 15) is 4.39 Å². The lowest BCUT2D eigenvalue weighted by Gasteiger charge is -2.16. The van der Waals surface area contributed by atoms with E-state index < -0.39 is 0 Å². The maximum atomic E-state index is 13.1. The van der Waals surface area contributed by atoms with E-state index in [1.165, 1.54) is 6.07 Å². The molecule has 0 bridgehead atoms. The van der Waals surface area contributed by atoms with Crippen LogP contribution in [-0.4, -0.2) is 23.3 Å². The van der Waals surface area contributed by atoms with Crippen molar-refractivity contribution in [3.63, 3.8) is 0 Å². The minimum atomic E-state index is -0.176. The molecule has 0 saturated heterocycles. The first-order valence-corrected chi connectivity index (χ1v) is 8.14. The highest BCUT2D eigenvalue weighted by Crippen LogP contribution is 2.21. The molecule has 5 heteroatoms. The number of nitrogens with one attached hydrogen (secondary N) is 1. The number of likely N-dealkylation sites (N-methyl/N-ethyl adjacent to an activating group) is 1. The summed E-state index contributed by atoms with van der Waals surface area (Å²) in [5, 5.41) is 6.60. The van der Waals surface area contributed by atoms with Crippen molar-refractivity contribution in [2.45, 2.75) is 24.3 Å². The van der Waals surface area contributed by atoms with Crippen molar-refractivity contribution in [1.29, 1.82) is 0 Å². The lowest BCUT2D eigenvalue weighted by molar-refractivity contribution is 0.571. The Kier molecular flexibility index (Phi) is 5.82. The van der Waals surface area contributed by atoms with Crippen LogP contribution in [0.3, 0.4) is 0 Å². The van der Waals surface area contributed by atoms with E-state index in [1.807, 2.05) is 17.6 Å². The van der Waals surface area contributed by atoms with Gasteiger partial charge < -0.3 is 5.32 Å². The molecule has 0 amide bonds. The van der Waals surface area contributed by atoms with Gasteiger partial charge in [-0.2, -0.15) is 0 Å². The lowest BCUT2D eigenvalue weighted by atomic mass is 10.2. The van der Waals surface area contributed by atoms with E-state index in [4.69, 9.17) is 0 Å². The number of rotatable bonds is 7. The summed E-state index contributed by atoms with van der Waals surface area (Å²) < 4.78 is 13.1. The van der Waals surface area contributed by atoms with Crippen LogP contribution in [0.4, 0.5) is 4.39 Å². The maximum Gasteiger partial charge on any atom is 0.124 e. The number of hydrogen-bond donors (Lipinski definition) is 1. The molecule has 0 aliphatic carbocycles. The topological polar surface area (TPSA) is 24.9 Å². The average molecular weight is 296 g/mol. The molecule has 0 aliphatic heterocycles. The van der Waals surface area contributed by atoms with Crippen molar-refractivity contribution in [2.75, 3.05) is 12.3 Å². The molecule has 1 N–H and O–H groups in total. The first-order chi connectivity index (χ1) is 9.28. The summed E-state index contributed by atoms with van der Waals surface area (Å²) in [5.74, 6) is 0.738. The summed E-state index contributed by atoms with van der Waals surface area (Å²) >= 11 is 3.36. The zero-order chi connectivity index (χ0) is 13.5. The first-order valence-electron chi connectivity index (χ1n) is 6.28. The highest BCUT2D eigenvalue weighted by molar-refractivity contribution is 7.99. The molecule has 0 fully saturated rings. The van der Waals surface area contributed by atoms with Crippen LogP contribution in [0.1, 0.15) is 11.9 Å². The molecule has 1 heterocycles. The Morgan fingerprint density at radius 3 is 3.05 bits per heavy atom. The van der Waals surface area contributed by atoms with Crippen molar-refractivity contribution < 1.29 is 4.39 Å². The Labute approximate surface area is 121 Å². The molecule has 102 valence electrons. The van der Waals surface area contributed by atoms with Crippen molar-refractivity contribution in [3.05, 3.63) is 46.7 Å². The van der Waals surface area contributed by atoms with Crippen molar-refractivity contribution in [1.82, 2.24) is 10.3 Å². The zero-order valence-electron chi connectivity index (χ0n) is 10.8. The second-order valence-electron chi connectivity index (χ2n) is 4.15. The Hall–Kier alpha value is -0.910.